The maximum absolute atomic E-state index is 13.9. The van der Waals surface area contributed by atoms with E-state index >= 15 is 0 Å². The van der Waals surface area contributed by atoms with Crippen molar-refractivity contribution in [2.75, 3.05) is 6.54 Å². The topological polar surface area (TPSA) is 77.8 Å². The van der Waals surface area contributed by atoms with Gasteiger partial charge in [0.2, 0.25) is 0 Å². The molecule has 28 heavy (non-hydrogen) atoms. The van der Waals surface area contributed by atoms with Crippen molar-refractivity contribution in [1.82, 2.24) is 4.90 Å². The predicted octanol–water partition coefficient (Wildman–Crippen LogP) is 3.61. The van der Waals surface area contributed by atoms with Gasteiger partial charge in [-0.1, -0.05) is 38.8 Å². The van der Waals surface area contributed by atoms with Crippen LogP contribution >= 0.6 is 0 Å². The summed E-state index contributed by atoms with van der Waals surface area (Å²) in [5.74, 6) is 0.341. The van der Waals surface area contributed by atoms with Gasteiger partial charge in [-0.25, -0.2) is 0 Å². The van der Waals surface area contributed by atoms with Crippen LogP contribution in [0.3, 0.4) is 0 Å². The average Bonchev–Trinajstić information content (AvgIpc) is 2.85. The van der Waals surface area contributed by atoms with E-state index in [1.165, 1.54) is 17.1 Å². The molecule has 1 heterocycles. The van der Waals surface area contributed by atoms with Gasteiger partial charge in [0.05, 0.1) is 12.1 Å². The molecule has 1 fully saturated rings. The number of rotatable bonds is 11. The molecular weight excluding hydrogens is 368 g/mol. The van der Waals surface area contributed by atoms with E-state index in [1.807, 2.05) is 13.8 Å². The Kier molecular flexibility index (Phi) is 10.2. The number of amides is 1. The van der Waals surface area contributed by atoms with E-state index in [4.69, 9.17) is 5.11 Å². The predicted molar refractivity (Wildman–Crippen MR) is 103 cm³/mol. The van der Waals surface area contributed by atoms with Gasteiger partial charge in [-0.05, 0) is 18.8 Å². The first-order valence-corrected chi connectivity index (χ1v) is 9.91. The monoisotopic (exact) mass is 399 g/mol. The number of hydrogen-bond acceptors (Lipinski definition) is 3. The first kappa shape index (κ1) is 24.1. The lowest BCUT2D eigenvalue weighted by Crippen LogP contribution is -2.36. The quantitative estimate of drug-likeness (QED) is 0.316. The fraction of sp³-hybridized carbons (Fsp3) is 0.714. The Morgan fingerprint density at radius 3 is 2.64 bits per heavy atom. The highest BCUT2D eigenvalue weighted by Crippen LogP contribution is 2.34. The summed E-state index contributed by atoms with van der Waals surface area (Å²) >= 11 is 0. The number of halogens is 2. The van der Waals surface area contributed by atoms with Crippen molar-refractivity contribution < 1.29 is 28.6 Å². The molecule has 1 saturated heterocycles. The molecule has 1 aliphatic heterocycles. The van der Waals surface area contributed by atoms with Gasteiger partial charge in [-0.15, -0.1) is 11.8 Å². The third-order valence-corrected chi connectivity index (χ3v) is 4.82. The number of carbonyl (C=O) groups excluding carboxylic acids is 1. The van der Waals surface area contributed by atoms with Crippen LogP contribution in [-0.4, -0.2) is 51.6 Å². The zero-order valence-corrected chi connectivity index (χ0v) is 16.7. The number of aliphatic hydroxyl groups is 1. The third kappa shape index (κ3) is 7.97. The summed E-state index contributed by atoms with van der Waals surface area (Å²) in [5.41, 5.74) is 0. The highest BCUT2D eigenvalue weighted by Gasteiger charge is 2.52. The molecule has 0 aromatic carbocycles. The molecule has 158 valence electrons. The normalized spacial score (nSPS) is 20.8. The van der Waals surface area contributed by atoms with Crippen LogP contribution in [0.2, 0.25) is 0 Å². The average molecular weight is 399 g/mol. The van der Waals surface area contributed by atoms with Gasteiger partial charge < -0.3 is 15.1 Å². The van der Waals surface area contributed by atoms with Crippen LogP contribution in [0.25, 0.3) is 0 Å². The smallest absolute Gasteiger partial charge is 0.327 e. The fourth-order valence-corrected chi connectivity index (χ4v) is 3.08. The van der Waals surface area contributed by atoms with Crippen molar-refractivity contribution in [3.8, 4) is 11.8 Å². The molecule has 3 atom stereocenters. The van der Waals surface area contributed by atoms with Gasteiger partial charge in [-0.2, -0.15) is 8.78 Å². The Balaban J connectivity index is 2.58. The van der Waals surface area contributed by atoms with Crippen LogP contribution in [0.4, 0.5) is 8.78 Å². The van der Waals surface area contributed by atoms with Crippen molar-refractivity contribution >= 4 is 11.9 Å². The molecule has 0 bridgehead atoms. The first-order valence-electron chi connectivity index (χ1n) is 9.91. The largest absolute Gasteiger partial charge is 0.481 e. The van der Waals surface area contributed by atoms with Crippen molar-refractivity contribution in [2.24, 2.45) is 5.92 Å². The summed E-state index contributed by atoms with van der Waals surface area (Å²) < 4.78 is 27.7. The molecule has 3 unspecified atom stereocenters. The molecule has 0 aromatic heterocycles. The highest BCUT2D eigenvalue weighted by molar-refractivity contribution is 5.86. The fourth-order valence-electron chi connectivity index (χ4n) is 3.08. The molecule has 1 rings (SSSR count). The number of alkyl halides is 2. The molecule has 0 radical (unpaired) electrons. The zero-order chi connectivity index (χ0) is 21.2. The van der Waals surface area contributed by atoms with Crippen LogP contribution in [0.5, 0.6) is 0 Å². The molecule has 1 amide bonds. The second-order valence-corrected chi connectivity index (χ2v) is 7.30. The minimum Gasteiger partial charge on any atom is -0.481 e. The van der Waals surface area contributed by atoms with Crippen LogP contribution in [0.15, 0.2) is 12.2 Å². The molecule has 0 spiro atoms. The number of carboxylic acids is 1. The number of carbonyl (C=O) groups is 2. The van der Waals surface area contributed by atoms with Crippen molar-refractivity contribution in [3.63, 3.8) is 0 Å². The lowest BCUT2D eigenvalue weighted by molar-refractivity contribution is -0.148. The molecule has 7 heteroatoms. The van der Waals surface area contributed by atoms with E-state index < -0.39 is 36.4 Å². The summed E-state index contributed by atoms with van der Waals surface area (Å²) in [4.78, 5) is 23.6. The van der Waals surface area contributed by atoms with Gasteiger partial charge in [0, 0.05) is 32.2 Å². The maximum atomic E-state index is 13.9. The molecule has 0 aliphatic carbocycles. The van der Waals surface area contributed by atoms with Gasteiger partial charge in [0.15, 0.2) is 0 Å². The van der Waals surface area contributed by atoms with Crippen LogP contribution in [-0.2, 0) is 9.59 Å². The molecule has 5 nitrogen and oxygen atoms in total. The Morgan fingerprint density at radius 1 is 1.32 bits per heavy atom. The first-order chi connectivity index (χ1) is 13.2. The second-order valence-electron chi connectivity index (χ2n) is 7.30. The minimum atomic E-state index is -3.39. The molecule has 2 N–H and O–H groups in total. The van der Waals surface area contributed by atoms with Crippen LogP contribution in [0.1, 0.15) is 65.2 Å². The van der Waals surface area contributed by atoms with E-state index in [-0.39, 0.29) is 18.9 Å². The Labute approximate surface area is 165 Å². The molecule has 0 saturated carbocycles. The summed E-state index contributed by atoms with van der Waals surface area (Å²) in [6.45, 7) is 3.97. The van der Waals surface area contributed by atoms with Gasteiger partial charge in [0.25, 0.3) is 5.91 Å². The third-order valence-electron chi connectivity index (χ3n) is 4.82. The summed E-state index contributed by atoms with van der Waals surface area (Å²) in [7, 11) is 0. The summed E-state index contributed by atoms with van der Waals surface area (Å²) in [5, 5.41) is 18.8. The van der Waals surface area contributed by atoms with E-state index in [2.05, 4.69) is 11.8 Å². The molecular formula is C21H31F2NO4. The van der Waals surface area contributed by atoms with Gasteiger partial charge in [-0.3, -0.25) is 9.59 Å². The SMILES string of the molecule is CCC#CCC(C)C(O)/C=C/C1CC(F)(F)C(=O)N1CCCCCCC(=O)O. The Bertz CT molecular complexity index is 609. The number of unbranched alkanes of at least 4 members (excludes halogenated alkanes) is 3. The molecule has 1 aliphatic rings. The Morgan fingerprint density at radius 2 is 2.00 bits per heavy atom. The lowest BCUT2D eigenvalue weighted by atomic mass is 9.99. The number of aliphatic carboxylic acids is 1. The standard InChI is InChI=1S/C21H31F2NO4/c1-3-4-7-10-16(2)18(25)13-12-17-15-21(22,23)20(28)24(17)14-9-6-5-8-11-19(26)27/h12-13,16-18,25H,3,5-6,8-11,14-15H2,1-2H3,(H,26,27)/b13-12+. The number of hydrogen-bond donors (Lipinski definition) is 2. The van der Waals surface area contributed by atoms with Crippen molar-refractivity contribution in [2.45, 2.75) is 83.3 Å². The van der Waals surface area contributed by atoms with Crippen molar-refractivity contribution in [3.05, 3.63) is 12.2 Å². The van der Waals surface area contributed by atoms with Crippen LogP contribution < -0.4 is 0 Å². The zero-order valence-electron chi connectivity index (χ0n) is 16.7. The van der Waals surface area contributed by atoms with E-state index in [0.717, 1.165) is 6.42 Å². The Hall–Kier alpha value is -1.94. The van der Waals surface area contributed by atoms with E-state index in [0.29, 0.717) is 32.1 Å². The number of aliphatic hydroxyl groups excluding tert-OH is 1. The number of carboxylic acid groups (broad SMARTS) is 1. The second kappa shape index (κ2) is 11.8. The van der Waals surface area contributed by atoms with Crippen LogP contribution in [0, 0.1) is 17.8 Å². The van der Waals surface area contributed by atoms with E-state index in [1.54, 1.807) is 0 Å². The number of nitrogens with zero attached hydrogens (tertiary/aromatic N) is 1. The van der Waals surface area contributed by atoms with Crippen molar-refractivity contribution in [1.29, 1.82) is 0 Å². The maximum Gasteiger partial charge on any atom is 0.327 e. The van der Waals surface area contributed by atoms with E-state index in [9.17, 15) is 23.5 Å². The van der Waals surface area contributed by atoms with Gasteiger partial charge >= 0.3 is 11.9 Å². The minimum absolute atomic E-state index is 0.0881. The summed E-state index contributed by atoms with van der Waals surface area (Å²) in [6.07, 6.45) is 5.36. The molecule has 0 aromatic rings. The number of likely N-dealkylation sites (tertiary alicyclic amines) is 1. The lowest BCUT2D eigenvalue weighted by Gasteiger charge is -2.22. The highest BCUT2D eigenvalue weighted by atomic mass is 19.3. The summed E-state index contributed by atoms with van der Waals surface area (Å²) in [6, 6.07) is -0.745. The van der Waals surface area contributed by atoms with Gasteiger partial charge in [0.1, 0.15) is 0 Å².